The maximum Gasteiger partial charge on any atom is 0.288 e. The average molecular weight is 458 g/mol. The van der Waals surface area contributed by atoms with E-state index >= 15 is 0 Å². The summed E-state index contributed by atoms with van der Waals surface area (Å²) >= 11 is 0. The van der Waals surface area contributed by atoms with Gasteiger partial charge in [-0.3, -0.25) is 24.8 Å². The van der Waals surface area contributed by atoms with Gasteiger partial charge < -0.3 is 4.74 Å². The number of pyridine rings is 1. The molecule has 0 saturated carbocycles. The second kappa shape index (κ2) is 9.07. The molecule has 1 aliphatic heterocycles. The number of fused-ring (bicyclic) bond motifs is 1. The fraction of sp³-hybridized carbons (Fsp3) is 0.286. The normalized spacial score (nSPS) is 16.2. The maximum atomic E-state index is 12.6. The number of carbonyl (C=O) groups is 2. The smallest absolute Gasteiger partial charge is 0.288 e. The lowest BCUT2D eigenvalue weighted by molar-refractivity contribution is 0.0843. The first kappa shape index (κ1) is 21.9. The van der Waals surface area contributed by atoms with Gasteiger partial charge in [0.25, 0.3) is 11.8 Å². The standard InChI is InChI=1S/C21H23N5O5S/c1-14-19(26-10-3-2-9-18(26)23-14)21(28)25-24-20(27)15-6-4-8-17(12-15)32(29,30)22-13-16-7-5-11-31-16/h2-4,6,8-10,12,16,22H,5,7,11,13H2,1H3,(H,24,27)(H,25,28). The quantitative estimate of drug-likeness (QED) is 0.477. The van der Waals surface area contributed by atoms with E-state index in [0.717, 1.165) is 12.8 Å². The molecule has 0 radical (unpaired) electrons. The van der Waals surface area contributed by atoms with Crippen LogP contribution in [0.5, 0.6) is 0 Å². The maximum absolute atomic E-state index is 12.6. The van der Waals surface area contributed by atoms with Crippen molar-refractivity contribution in [2.75, 3.05) is 13.2 Å². The number of nitrogens with zero attached hydrogens (tertiary/aromatic N) is 2. The Bertz CT molecular complexity index is 1260. The van der Waals surface area contributed by atoms with Crippen molar-refractivity contribution in [3.63, 3.8) is 0 Å². The van der Waals surface area contributed by atoms with Crippen molar-refractivity contribution in [3.05, 3.63) is 65.6 Å². The van der Waals surface area contributed by atoms with Crippen molar-refractivity contribution in [1.82, 2.24) is 25.0 Å². The molecule has 1 aromatic carbocycles. The van der Waals surface area contributed by atoms with Crippen molar-refractivity contribution in [3.8, 4) is 0 Å². The molecule has 1 atom stereocenters. The van der Waals surface area contributed by atoms with Crippen LogP contribution in [0, 0.1) is 6.92 Å². The molecule has 2 amide bonds. The number of imidazole rings is 1. The van der Waals surface area contributed by atoms with Crippen LogP contribution in [0.25, 0.3) is 5.65 Å². The minimum Gasteiger partial charge on any atom is -0.377 e. The lowest BCUT2D eigenvalue weighted by Crippen LogP contribution is -2.42. The van der Waals surface area contributed by atoms with Crippen molar-refractivity contribution in [2.45, 2.75) is 30.8 Å². The second-order valence-electron chi connectivity index (χ2n) is 7.40. The number of aryl methyl sites for hydroxylation is 1. The Balaban J connectivity index is 1.42. The van der Waals surface area contributed by atoms with Crippen LogP contribution in [0.2, 0.25) is 0 Å². The van der Waals surface area contributed by atoms with Crippen LogP contribution in [0.1, 0.15) is 39.4 Å². The predicted octanol–water partition coefficient (Wildman–Crippen LogP) is 1.17. The number of sulfonamides is 1. The molecule has 1 unspecified atom stereocenters. The Morgan fingerprint density at radius 3 is 2.75 bits per heavy atom. The predicted molar refractivity (Wildman–Crippen MR) is 115 cm³/mol. The van der Waals surface area contributed by atoms with Gasteiger partial charge in [0.05, 0.1) is 16.7 Å². The van der Waals surface area contributed by atoms with Gasteiger partial charge in [0.1, 0.15) is 11.3 Å². The van der Waals surface area contributed by atoms with E-state index in [2.05, 4.69) is 20.6 Å². The van der Waals surface area contributed by atoms with E-state index in [1.807, 2.05) is 6.07 Å². The Morgan fingerprint density at radius 2 is 1.97 bits per heavy atom. The van der Waals surface area contributed by atoms with Crippen LogP contribution < -0.4 is 15.6 Å². The van der Waals surface area contributed by atoms with Crippen LogP contribution in [0.3, 0.4) is 0 Å². The first-order valence-corrected chi connectivity index (χ1v) is 11.6. The van der Waals surface area contributed by atoms with E-state index in [0.29, 0.717) is 17.9 Å². The molecule has 3 aromatic rings. The van der Waals surface area contributed by atoms with Crippen LogP contribution in [-0.4, -0.2) is 48.9 Å². The molecular formula is C21H23N5O5S. The first-order chi connectivity index (χ1) is 15.3. The number of nitrogens with one attached hydrogen (secondary N) is 3. The third-order valence-corrected chi connectivity index (χ3v) is 6.56. The Kier molecular flexibility index (Phi) is 6.21. The van der Waals surface area contributed by atoms with Crippen molar-refractivity contribution in [1.29, 1.82) is 0 Å². The lowest BCUT2D eigenvalue weighted by atomic mass is 10.2. The van der Waals surface area contributed by atoms with Crippen molar-refractivity contribution in [2.24, 2.45) is 0 Å². The third kappa shape index (κ3) is 4.64. The second-order valence-corrected chi connectivity index (χ2v) is 9.16. The summed E-state index contributed by atoms with van der Waals surface area (Å²) in [5.41, 5.74) is 6.16. The fourth-order valence-corrected chi connectivity index (χ4v) is 4.64. The molecule has 3 N–H and O–H groups in total. The van der Waals surface area contributed by atoms with Gasteiger partial charge in [0, 0.05) is 24.9 Å². The van der Waals surface area contributed by atoms with Gasteiger partial charge in [-0.2, -0.15) is 0 Å². The number of hydrogen-bond donors (Lipinski definition) is 3. The summed E-state index contributed by atoms with van der Waals surface area (Å²) in [6.45, 7) is 2.50. The molecule has 0 spiro atoms. The van der Waals surface area contributed by atoms with Gasteiger partial charge in [-0.15, -0.1) is 0 Å². The number of amides is 2. The molecule has 1 saturated heterocycles. The Morgan fingerprint density at radius 1 is 1.16 bits per heavy atom. The topological polar surface area (TPSA) is 131 Å². The van der Waals surface area contributed by atoms with Gasteiger partial charge in [-0.1, -0.05) is 12.1 Å². The molecule has 0 aliphatic carbocycles. The highest BCUT2D eigenvalue weighted by molar-refractivity contribution is 7.89. The highest BCUT2D eigenvalue weighted by atomic mass is 32.2. The SMILES string of the molecule is Cc1nc2ccccn2c1C(=O)NNC(=O)c1cccc(S(=O)(=O)NCC2CCCO2)c1. The van der Waals surface area contributed by atoms with Gasteiger partial charge in [0.2, 0.25) is 10.0 Å². The number of ether oxygens (including phenoxy) is 1. The fourth-order valence-electron chi connectivity index (χ4n) is 3.53. The van der Waals surface area contributed by atoms with E-state index in [4.69, 9.17) is 4.74 Å². The number of hydrazine groups is 1. The number of carbonyl (C=O) groups excluding carboxylic acids is 2. The third-order valence-electron chi connectivity index (χ3n) is 5.14. The van der Waals surface area contributed by atoms with E-state index < -0.39 is 21.8 Å². The molecule has 168 valence electrons. The van der Waals surface area contributed by atoms with Gasteiger partial charge in [-0.25, -0.2) is 18.1 Å². The highest BCUT2D eigenvalue weighted by Crippen LogP contribution is 2.15. The number of benzene rings is 1. The summed E-state index contributed by atoms with van der Waals surface area (Å²) < 4.78 is 34.7. The monoisotopic (exact) mass is 457 g/mol. The zero-order valence-corrected chi connectivity index (χ0v) is 18.2. The molecule has 2 aromatic heterocycles. The molecule has 3 heterocycles. The minimum absolute atomic E-state index is 0.0490. The number of aromatic nitrogens is 2. The van der Waals surface area contributed by atoms with E-state index in [1.165, 1.54) is 24.3 Å². The number of rotatable bonds is 6. The van der Waals surface area contributed by atoms with E-state index in [1.54, 1.807) is 29.7 Å². The van der Waals surface area contributed by atoms with E-state index in [9.17, 15) is 18.0 Å². The Hall–Kier alpha value is -3.28. The molecule has 10 nitrogen and oxygen atoms in total. The molecule has 32 heavy (non-hydrogen) atoms. The Labute approximate surface area is 185 Å². The van der Waals surface area contributed by atoms with Crippen LogP contribution in [0.15, 0.2) is 53.6 Å². The largest absolute Gasteiger partial charge is 0.377 e. The van der Waals surface area contributed by atoms with Gasteiger partial charge in [0.15, 0.2) is 0 Å². The van der Waals surface area contributed by atoms with Crippen LogP contribution >= 0.6 is 0 Å². The zero-order chi connectivity index (χ0) is 22.7. The van der Waals surface area contributed by atoms with Crippen molar-refractivity contribution < 1.29 is 22.7 Å². The summed E-state index contributed by atoms with van der Waals surface area (Å²) in [5.74, 6) is -1.20. The van der Waals surface area contributed by atoms with Crippen molar-refractivity contribution >= 4 is 27.5 Å². The molecule has 4 rings (SSSR count). The average Bonchev–Trinajstić information content (AvgIpc) is 3.43. The number of hydrogen-bond acceptors (Lipinski definition) is 6. The highest BCUT2D eigenvalue weighted by Gasteiger charge is 2.22. The minimum atomic E-state index is -3.81. The molecular weight excluding hydrogens is 434 g/mol. The van der Waals surface area contributed by atoms with Gasteiger partial charge in [-0.05, 0) is 50.1 Å². The zero-order valence-electron chi connectivity index (χ0n) is 17.4. The molecule has 1 fully saturated rings. The summed E-state index contributed by atoms with van der Waals surface area (Å²) in [5, 5.41) is 0. The first-order valence-electron chi connectivity index (χ1n) is 10.1. The summed E-state index contributed by atoms with van der Waals surface area (Å²) in [7, 11) is -3.81. The molecule has 0 bridgehead atoms. The summed E-state index contributed by atoms with van der Waals surface area (Å²) in [4.78, 5) is 29.4. The molecule has 1 aliphatic rings. The summed E-state index contributed by atoms with van der Waals surface area (Å²) in [6, 6.07) is 10.9. The van der Waals surface area contributed by atoms with E-state index in [-0.39, 0.29) is 28.8 Å². The van der Waals surface area contributed by atoms with Gasteiger partial charge >= 0.3 is 0 Å². The van der Waals surface area contributed by atoms with Crippen LogP contribution in [0.4, 0.5) is 0 Å². The summed E-state index contributed by atoms with van der Waals surface area (Å²) in [6.07, 6.45) is 3.26. The lowest BCUT2D eigenvalue weighted by Gasteiger charge is -2.12. The van der Waals surface area contributed by atoms with Crippen LogP contribution in [-0.2, 0) is 14.8 Å². The molecule has 11 heteroatoms.